The van der Waals surface area contributed by atoms with Gasteiger partial charge in [0.05, 0.1) is 0 Å². The molecule has 2 atom stereocenters. The molecule has 13 aromatic rings. The van der Waals surface area contributed by atoms with Crippen molar-refractivity contribution in [3.05, 3.63) is 253 Å². The molecule has 14 rings (SSSR count). The molecular formula is C65H43N3OS. The molecule has 5 heteroatoms. The number of benzene rings is 11. The lowest BCUT2D eigenvalue weighted by Crippen LogP contribution is -2.45. The number of nitrogens with one attached hydrogen (secondary N) is 2. The highest BCUT2D eigenvalue weighted by Gasteiger charge is 2.30. The molecule has 2 aromatic heterocycles. The predicted molar refractivity (Wildman–Crippen MR) is 295 cm³/mol. The third-order valence-corrected chi connectivity index (χ3v) is 15.4. The van der Waals surface area contributed by atoms with Crippen molar-refractivity contribution >= 4 is 80.8 Å². The third kappa shape index (κ3) is 6.74. The number of aliphatic imine (C=N–C) groups is 1. The second kappa shape index (κ2) is 16.6. The van der Waals surface area contributed by atoms with Crippen molar-refractivity contribution in [2.75, 3.05) is 0 Å². The van der Waals surface area contributed by atoms with E-state index in [1.165, 1.54) is 53.4 Å². The number of nitrogens with zero attached hydrogens (tertiary/aromatic N) is 1. The number of hydrogen-bond acceptors (Lipinski definition) is 5. The van der Waals surface area contributed by atoms with Crippen LogP contribution < -0.4 is 10.6 Å². The standard InChI is InChI=1S/C65H43N3OS/c1-3-16-40(17-4-1)41-30-32-43(33-31-41)63-66-64(68-65(67-63)55-28-15-27-53-50-26-13-14-29-59(50)70-62(53)55)54-35-34-51(48-24-11-12-25-49(48)54)60-52(47-23-10-9-22-46(47)42-18-5-2-6-19-42)36-37-57-61(60)56-38-44-20-7-8-21-45(44)39-58(56)69-57/h1-39,64-65,68H,(H,66,67). The summed E-state index contributed by atoms with van der Waals surface area (Å²) in [5.74, 6) is 0.848. The summed E-state index contributed by atoms with van der Waals surface area (Å²) < 4.78 is 9.34. The Morgan fingerprint density at radius 3 is 1.84 bits per heavy atom. The summed E-state index contributed by atoms with van der Waals surface area (Å²) in [6.45, 7) is 0. The summed E-state index contributed by atoms with van der Waals surface area (Å²) in [5, 5.41) is 17.4. The van der Waals surface area contributed by atoms with Crippen LogP contribution in [0.4, 0.5) is 0 Å². The highest BCUT2D eigenvalue weighted by atomic mass is 32.1. The topological polar surface area (TPSA) is 49.6 Å². The molecule has 0 amide bonds. The van der Waals surface area contributed by atoms with Gasteiger partial charge in [0.25, 0.3) is 0 Å². The van der Waals surface area contributed by atoms with Crippen LogP contribution in [0, 0.1) is 0 Å². The molecule has 0 spiro atoms. The summed E-state index contributed by atoms with van der Waals surface area (Å²) in [6.07, 6.45) is -0.614. The van der Waals surface area contributed by atoms with E-state index in [1.807, 2.05) is 11.3 Å². The molecule has 0 saturated heterocycles. The summed E-state index contributed by atoms with van der Waals surface area (Å²) >= 11 is 1.84. The second-order valence-corrected chi connectivity index (χ2v) is 19.3. The molecule has 0 aliphatic carbocycles. The molecule has 1 aliphatic heterocycles. The average Bonchev–Trinajstić information content (AvgIpc) is 4.00. The normalized spacial score (nSPS) is 15.0. The first-order valence-corrected chi connectivity index (χ1v) is 24.7. The third-order valence-electron chi connectivity index (χ3n) is 14.2. The monoisotopic (exact) mass is 913 g/mol. The summed E-state index contributed by atoms with van der Waals surface area (Å²) in [6, 6.07) is 85.3. The maximum absolute atomic E-state index is 6.82. The second-order valence-electron chi connectivity index (χ2n) is 18.2. The van der Waals surface area contributed by atoms with E-state index in [2.05, 4.69) is 247 Å². The van der Waals surface area contributed by atoms with Gasteiger partial charge in [-0.1, -0.05) is 206 Å². The van der Waals surface area contributed by atoms with E-state index >= 15 is 0 Å². The number of furan rings is 1. The fraction of sp³-hybridized carbons (Fsp3) is 0.0308. The molecule has 70 heavy (non-hydrogen) atoms. The van der Waals surface area contributed by atoms with Gasteiger partial charge in [-0.2, -0.15) is 0 Å². The largest absolute Gasteiger partial charge is 0.456 e. The first kappa shape index (κ1) is 40.5. The van der Waals surface area contributed by atoms with Gasteiger partial charge in [0, 0.05) is 47.6 Å². The van der Waals surface area contributed by atoms with Crippen molar-refractivity contribution < 1.29 is 4.42 Å². The highest BCUT2D eigenvalue weighted by molar-refractivity contribution is 7.26. The van der Waals surface area contributed by atoms with Gasteiger partial charge in [-0.05, 0) is 96.4 Å². The van der Waals surface area contributed by atoms with Gasteiger partial charge in [-0.3, -0.25) is 5.32 Å². The predicted octanol–water partition coefficient (Wildman–Crippen LogP) is 17.3. The maximum Gasteiger partial charge on any atom is 0.136 e. The average molecular weight is 914 g/mol. The van der Waals surface area contributed by atoms with Crippen molar-refractivity contribution in [3.8, 4) is 44.5 Å². The Morgan fingerprint density at radius 1 is 0.400 bits per heavy atom. The molecule has 330 valence electrons. The molecule has 4 nitrogen and oxygen atoms in total. The van der Waals surface area contributed by atoms with Crippen LogP contribution in [-0.2, 0) is 0 Å². The fourth-order valence-electron chi connectivity index (χ4n) is 10.9. The van der Waals surface area contributed by atoms with Crippen LogP contribution >= 0.6 is 11.3 Å². The van der Waals surface area contributed by atoms with E-state index in [0.29, 0.717) is 0 Å². The van der Waals surface area contributed by atoms with Gasteiger partial charge in [-0.25, -0.2) is 4.99 Å². The maximum atomic E-state index is 6.82. The minimum absolute atomic E-state index is 0.287. The summed E-state index contributed by atoms with van der Waals surface area (Å²) in [7, 11) is 0. The molecular weight excluding hydrogens is 871 g/mol. The van der Waals surface area contributed by atoms with E-state index in [4.69, 9.17) is 9.41 Å². The van der Waals surface area contributed by atoms with Crippen LogP contribution in [0.15, 0.2) is 246 Å². The first-order valence-electron chi connectivity index (χ1n) is 23.9. The highest BCUT2D eigenvalue weighted by Crippen LogP contribution is 2.48. The van der Waals surface area contributed by atoms with E-state index in [1.54, 1.807) is 0 Å². The minimum Gasteiger partial charge on any atom is -0.456 e. The van der Waals surface area contributed by atoms with Gasteiger partial charge in [0.2, 0.25) is 0 Å². The van der Waals surface area contributed by atoms with Crippen LogP contribution in [0.3, 0.4) is 0 Å². The SMILES string of the molecule is c1ccc(-c2ccc(C3=NC(c4cccc5c4sc4ccccc45)NC(c4ccc(-c5c(-c6ccccc6-c6ccccc6)ccc6oc7cc8ccccc8cc7c56)c5ccccc45)N3)cc2)cc1. The smallest absolute Gasteiger partial charge is 0.136 e. The van der Waals surface area contributed by atoms with Crippen LogP contribution in [-0.4, -0.2) is 5.84 Å². The van der Waals surface area contributed by atoms with Crippen molar-refractivity contribution in [1.29, 1.82) is 0 Å². The zero-order valence-corrected chi connectivity index (χ0v) is 38.8. The number of amidine groups is 1. The Hall–Kier alpha value is -8.61. The van der Waals surface area contributed by atoms with E-state index in [-0.39, 0.29) is 12.3 Å². The molecule has 0 saturated carbocycles. The Bertz CT molecular complexity index is 4190. The molecule has 0 radical (unpaired) electrons. The van der Waals surface area contributed by atoms with E-state index < -0.39 is 0 Å². The molecule has 11 aromatic carbocycles. The molecule has 1 aliphatic rings. The summed E-state index contributed by atoms with van der Waals surface area (Å²) in [5.41, 5.74) is 14.4. The number of thiophene rings is 1. The Morgan fingerprint density at radius 2 is 1.03 bits per heavy atom. The van der Waals surface area contributed by atoms with E-state index in [0.717, 1.165) is 77.3 Å². The lowest BCUT2D eigenvalue weighted by atomic mass is 9.84. The number of hydrogen-bond donors (Lipinski definition) is 2. The van der Waals surface area contributed by atoms with Gasteiger partial charge in [0.15, 0.2) is 0 Å². The minimum atomic E-state index is -0.327. The Kier molecular flexibility index (Phi) is 9.58. The van der Waals surface area contributed by atoms with E-state index in [9.17, 15) is 0 Å². The van der Waals surface area contributed by atoms with Crippen LogP contribution in [0.1, 0.15) is 29.0 Å². The lowest BCUT2D eigenvalue weighted by molar-refractivity contribution is 0.413. The zero-order valence-electron chi connectivity index (χ0n) is 37.9. The van der Waals surface area contributed by atoms with Crippen molar-refractivity contribution in [2.45, 2.75) is 12.3 Å². The first-order chi connectivity index (χ1) is 34.7. The molecule has 2 N–H and O–H groups in total. The number of rotatable bonds is 7. The van der Waals surface area contributed by atoms with Crippen molar-refractivity contribution in [3.63, 3.8) is 0 Å². The molecule has 0 bridgehead atoms. The fourth-order valence-corrected chi connectivity index (χ4v) is 12.1. The van der Waals surface area contributed by atoms with Crippen molar-refractivity contribution in [2.24, 2.45) is 4.99 Å². The van der Waals surface area contributed by atoms with Gasteiger partial charge in [0.1, 0.15) is 29.3 Å². The molecule has 2 unspecified atom stereocenters. The quantitative estimate of drug-likeness (QED) is 0.167. The van der Waals surface area contributed by atoms with Gasteiger partial charge in [-0.15, -0.1) is 11.3 Å². The summed E-state index contributed by atoms with van der Waals surface area (Å²) in [4.78, 5) is 5.51. The van der Waals surface area contributed by atoms with Crippen LogP contribution in [0.2, 0.25) is 0 Å². The number of fused-ring (bicyclic) bond motifs is 8. The van der Waals surface area contributed by atoms with Crippen LogP contribution in [0.25, 0.3) is 108 Å². The zero-order chi connectivity index (χ0) is 46.1. The molecule has 3 heterocycles. The van der Waals surface area contributed by atoms with Gasteiger partial charge < -0.3 is 9.73 Å². The Balaban J connectivity index is 0.970. The lowest BCUT2D eigenvalue weighted by Gasteiger charge is -2.33. The van der Waals surface area contributed by atoms with Crippen LogP contribution in [0.5, 0.6) is 0 Å². The molecule has 0 fully saturated rings. The Labute approximate surface area is 408 Å². The van der Waals surface area contributed by atoms with Gasteiger partial charge >= 0.3 is 0 Å². The van der Waals surface area contributed by atoms with Crippen molar-refractivity contribution in [1.82, 2.24) is 10.6 Å².